The van der Waals surface area contributed by atoms with Gasteiger partial charge in [0.1, 0.15) is 17.3 Å². The normalized spacial score (nSPS) is 12.4. The smallest absolute Gasteiger partial charge is 0.308 e. The summed E-state index contributed by atoms with van der Waals surface area (Å²) >= 11 is 0. The van der Waals surface area contributed by atoms with Crippen LogP contribution in [0.5, 0.6) is 0 Å². The highest BCUT2D eigenvalue weighted by Crippen LogP contribution is 2.30. The fraction of sp³-hybridized carbons (Fsp3) is 0.458. The van der Waals surface area contributed by atoms with Gasteiger partial charge in [0.05, 0.1) is 5.69 Å². The average Bonchev–Trinajstić information content (AvgIpc) is 2.98. The molecule has 1 heterocycles. The van der Waals surface area contributed by atoms with E-state index in [1.54, 1.807) is 11.7 Å². The summed E-state index contributed by atoms with van der Waals surface area (Å²) in [5, 5.41) is 14.3. The third-order valence-electron chi connectivity index (χ3n) is 4.61. The molecule has 2 rings (SSSR count). The minimum absolute atomic E-state index is 0.0121. The third-order valence-corrected chi connectivity index (χ3v) is 4.61. The van der Waals surface area contributed by atoms with Gasteiger partial charge in [-0.2, -0.15) is 10.4 Å². The molecule has 0 bridgehead atoms. The predicted molar refractivity (Wildman–Crippen MR) is 117 cm³/mol. The van der Waals surface area contributed by atoms with E-state index in [0.717, 1.165) is 11.3 Å². The molecule has 0 fully saturated rings. The van der Waals surface area contributed by atoms with Crippen molar-refractivity contribution in [2.24, 2.45) is 13.0 Å². The van der Waals surface area contributed by atoms with Gasteiger partial charge < -0.3 is 9.47 Å². The van der Waals surface area contributed by atoms with E-state index >= 15 is 0 Å². The van der Waals surface area contributed by atoms with E-state index in [4.69, 9.17) is 9.47 Å². The van der Waals surface area contributed by atoms with Gasteiger partial charge in [0.2, 0.25) is 6.79 Å². The minimum Gasteiger partial charge on any atom is -0.454 e. The number of benzene rings is 1. The zero-order valence-electron chi connectivity index (χ0n) is 18.9. The van der Waals surface area contributed by atoms with Crippen molar-refractivity contribution in [3.8, 4) is 6.07 Å². The maximum Gasteiger partial charge on any atom is 0.308 e. The molecule has 0 spiro atoms. The van der Waals surface area contributed by atoms with Crippen molar-refractivity contribution < 1.29 is 14.3 Å². The van der Waals surface area contributed by atoms with Crippen LogP contribution >= 0.6 is 0 Å². The Hall–Kier alpha value is -3.07. The first-order chi connectivity index (χ1) is 14.0. The highest BCUT2D eigenvalue weighted by Gasteiger charge is 2.20. The number of aromatic nitrogens is 2. The lowest BCUT2D eigenvalue weighted by Crippen LogP contribution is -2.12. The molecule has 6 nitrogen and oxygen atoms in total. The molecular weight excluding hydrogens is 378 g/mol. The van der Waals surface area contributed by atoms with Crippen molar-refractivity contribution in [2.45, 2.75) is 53.4 Å². The van der Waals surface area contributed by atoms with Crippen LogP contribution < -0.4 is 0 Å². The zero-order chi connectivity index (χ0) is 22.5. The molecule has 1 aromatic heterocycles. The Balaban J connectivity index is 2.42. The van der Waals surface area contributed by atoms with Gasteiger partial charge in [-0.15, -0.1) is 0 Å². The molecule has 6 heteroatoms. The summed E-state index contributed by atoms with van der Waals surface area (Å²) in [5.41, 5.74) is 3.71. The average molecular weight is 410 g/mol. The first-order valence-corrected chi connectivity index (χ1v) is 10.1. The molecule has 0 amide bonds. The molecule has 0 N–H and O–H groups in total. The quantitative estimate of drug-likeness (QED) is 0.279. The van der Waals surface area contributed by atoms with E-state index in [1.165, 1.54) is 5.56 Å². The lowest BCUT2D eigenvalue weighted by Gasteiger charge is -2.19. The van der Waals surface area contributed by atoms with Crippen LogP contribution in [0.25, 0.3) is 11.3 Å². The van der Waals surface area contributed by atoms with Crippen molar-refractivity contribution >= 4 is 17.3 Å². The van der Waals surface area contributed by atoms with Crippen molar-refractivity contribution in [2.75, 3.05) is 6.79 Å². The molecule has 0 aliphatic rings. The highest BCUT2D eigenvalue weighted by molar-refractivity contribution is 5.94. The molecule has 1 aromatic carbocycles. The number of carbonyl (C=O) groups is 1. The summed E-state index contributed by atoms with van der Waals surface area (Å²) < 4.78 is 12.7. The summed E-state index contributed by atoms with van der Waals surface area (Å²) in [6.45, 7) is 11.9. The van der Waals surface area contributed by atoms with Crippen molar-refractivity contribution in [3.63, 3.8) is 0 Å². The van der Waals surface area contributed by atoms with Crippen LogP contribution in [0.15, 0.2) is 30.3 Å². The van der Waals surface area contributed by atoms with Crippen molar-refractivity contribution in [1.29, 1.82) is 5.26 Å². The molecule has 0 radical (unpaired) electrons. The Morgan fingerprint density at radius 2 is 1.83 bits per heavy atom. The van der Waals surface area contributed by atoms with Crippen LogP contribution in [0, 0.1) is 24.2 Å². The number of nitrogens with zero attached hydrogens (tertiary/aromatic N) is 3. The van der Waals surface area contributed by atoms with Gasteiger partial charge in [-0.25, -0.2) is 0 Å². The first kappa shape index (κ1) is 23.2. The molecule has 0 saturated heterocycles. The number of esters is 1. The fourth-order valence-corrected chi connectivity index (χ4v) is 3.03. The standard InChI is InChI=1S/C24H31N3O3/c1-16(2)12-22(28)29-15-30-23(21-13-17(3)26-27(21)7)20(14-25)18-8-10-19(11-9-18)24(4,5)6/h8-11,13,16H,12,15H2,1-7H3/b23-20-. The maximum atomic E-state index is 11.9. The lowest BCUT2D eigenvalue weighted by molar-refractivity contribution is -0.152. The van der Waals surface area contributed by atoms with Crippen LogP contribution in [0.1, 0.15) is 63.6 Å². The number of nitriles is 1. The Kier molecular flexibility index (Phi) is 7.44. The second kappa shape index (κ2) is 9.62. The van der Waals surface area contributed by atoms with Crippen molar-refractivity contribution in [1.82, 2.24) is 9.78 Å². The van der Waals surface area contributed by atoms with Gasteiger partial charge in [0, 0.05) is 13.5 Å². The Bertz CT molecular complexity index is 955. The molecule has 0 saturated carbocycles. The van der Waals surface area contributed by atoms with Crippen LogP contribution in [-0.4, -0.2) is 22.5 Å². The molecule has 160 valence electrons. The van der Waals surface area contributed by atoms with E-state index in [2.05, 4.69) is 31.9 Å². The predicted octanol–water partition coefficient (Wildman–Crippen LogP) is 4.98. The molecule has 0 aliphatic carbocycles. The van der Waals surface area contributed by atoms with E-state index < -0.39 is 0 Å². The number of rotatable bonds is 7. The highest BCUT2D eigenvalue weighted by atomic mass is 16.7. The van der Waals surface area contributed by atoms with Crippen LogP contribution in [0.4, 0.5) is 0 Å². The van der Waals surface area contributed by atoms with Gasteiger partial charge in [-0.05, 0) is 35.4 Å². The summed E-state index contributed by atoms with van der Waals surface area (Å²) in [6, 6.07) is 12.0. The molecule has 30 heavy (non-hydrogen) atoms. The van der Waals surface area contributed by atoms with Crippen LogP contribution in [-0.2, 0) is 26.7 Å². The van der Waals surface area contributed by atoms with E-state index in [0.29, 0.717) is 23.4 Å². The molecular formula is C24H31N3O3. The number of hydrogen-bond donors (Lipinski definition) is 0. The zero-order valence-corrected chi connectivity index (χ0v) is 18.9. The number of allylic oxidation sites excluding steroid dienone is 1. The Labute approximate surface area is 179 Å². The van der Waals surface area contributed by atoms with Gasteiger partial charge in [0.15, 0.2) is 5.76 Å². The monoisotopic (exact) mass is 409 g/mol. The summed E-state index contributed by atoms with van der Waals surface area (Å²) in [5.74, 6) is 0.197. The van der Waals surface area contributed by atoms with Gasteiger partial charge in [0.25, 0.3) is 0 Å². The number of aryl methyl sites for hydroxylation is 2. The fourth-order valence-electron chi connectivity index (χ4n) is 3.03. The van der Waals surface area contributed by atoms with Crippen molar-refractivity contribution in [3.05, 3.63) is 52.8 Å². The Morgan fingerprint density at radius 3 is 2.30 bits per heavy atom. The number of ether oxygens (including phenoxy) is 2. The van der Waals surface area contributed by atoms with Crippen LogP contribution in [0.2, 0.25) is 0 Å². The lowest BCUT2D eigenvalue weighted by atomic mass is 9.86. The maximum absolute atomic E-state index is 11.9. The molecule has 2 aromatic rings. The summed E-state index contributed by atoms with van der Waals surface area (Å²) in [7, 11) is 1.79. The van der Waals surface area contributed by atoms with E-state index in [1.807, 2.05) is 51.1 Å². The second-order valence-electron chi connectivity index (χ2n) is 8.81. The Morgan fingerprint density at radius 1 is 1.20 bits per heavy atom. The molecule has 0 unspecified atom stereocenters. The minimum atomic E-state index is -0.335. The second-order valence-corrected chi connectivity index (χ2v) is 8.81. The summed E-state index contributed by atoms with van der Waals surface area (Å²) in [6.07, 6.45) is 0.312. The van der Waals surface area contributed by atoms with Gasteiger partial charge in [-0.1, -0.05) is 58.9 Å². The number of carbonyl (C=O) groups excluding carboxylic acids is 1. The number of hydrogen-bond acceptors (Lipinski definition) is 5. The molecule has 0 aliphatic heterocycles. The largest absolute Gasteiger partial charge is 0.454 e. The van der Waals surface area contributed by atoms with E-state index in [-0.39, 0.29) is 24.1 Å². The van der Waals surface area contributed by atoms with Gasteiger partial charge in [-0.3, -0.25) is 9.48 Å². The topological polar surface area (TPSA) is 77.1 Å². The first-order valence-electron chi connectivity index (χ1n) is 10.1. The summed E-state index contributed by atoms with van der Waals surface area (Å²) in [4.78, 5) is 11.9. The van der Waals surface area contributed by atoms with E-state index in [9.17, 15) is 10.1 Å². The molecule has 0 atom stereocenters. The SMILES string of the molecule is Cc1cc(/C(OCOC(=O)CC(C)C)=C(\C#N)c2ccc(C(C)(C)C)cc2)n(C)n1. The third kappa shape index (κ3) is 5.96. The van der Waals surface area contributed by atoms with Gasteiger partial charge >= 0.3 is 5.97 Å². The van der Waals surface area contributed by atoms with Crippen LogP contribution in [0.3, 0.4) is 0 Å².